The maximum absolute atomic E-state index is 12.0. The Bertz CT molecular complexity index is 700. The van der Waals surface area contributed by atoms with Gasteiger partial charge in [-0.25, -0.2) is 9.78 Å². The van der Waals surface area contributed by atoms with E-state index in [1.165, 1.54) is 6.20 Å². The molecule has 6 nitrogen and oxygen atoms in total. The Morgan fingerprint density at radius 3 is 2.89 bits per heavy atom. The van der Waals surface area contributed by atoms with Crippen LogP contribution in [0.5, 0.6) is 0 Å². The van der Waals surface area contributed by atoms with E-state index < -0.39 is 0 Å². The van der Waals surface area contributed by atoms with Crippen LogP contribution in [-0.2, 0) is 5.54 Å². The van der Waals surface area contributed by atoms with Gasteiger partial charge in [-0.05, 0) is 30.9 Å². The van der Waals surface area contributed by atoms with Gasteiger partial charge in [0, 0.05) is 12.0 Å². The maximum atomic E-state index is 12.0. The zero-order valence-corrected chi connectivity index (χ0v) is 10.2. The monoisotopic (exact) mass is 266 g/mol. The molecule has 3 aliphatic carbocycles. The zero-order valence-electron chi connectivity index (χ0n) is 9.48. The van der Waals surface area contributed by atoms with Crippen molar-refractivity contribution in [1.29, 1.82) is 0 Å². The van der Waals surface area contributed by atoms with Gasteiger partial charge in [-0.2, -0.15) is 4.98 Å². The van der Waals surface area contributed by atoms with E-state index in [2.05, 4.69) is 15.0 Å². The lowest BCUT2D eigenvalue weighted by Gasteiger charge is -2.70. The van der Waals surface area contributed by atoms with Crippen molar-refractivity contribution in [2.45, 2.75) is 24.8 Å². The number of rotatable bonds is 2. The Labute approximate surface area is 107 Å². The smallest absolute Gasteiger partial charge is 0.328 e. The summed E-state index contributed by atoms with van der Waals surface area (Å²) in [7, 11) is 0. The van der Waals surface area contributed by atoms with E-state index in [0.29, 0.717) is 11.2 Å². The first-order valence-electron chi connectivity index (χ1n) is 5.82. The molecule has 0 spiro atoms. The van der Waals surface area contributed by atoms with Crippen molar-refractivity contribution in [3.8, 4) is 0 Å². The third kappa shape index (κ3) is 1.05. The van der Waals surface area contributed by atoms with E-state index in [1.54, 1.807) is 4.57 Å². The van der Waals surface area contributed by atoms with Crippen LogP contribution in [0.4, 0.5) is 0 Å². The van der Waals surface area contributed by atoms with Crippen LogP contribution in [0.2, 0.25) is 5.28 Å². The van der Waals surface area contributed by atoms with Gasteiger partial charge in [0.25, 0.3) is 0 Å². The number of fused-ring (bicyclic) bond motifs is 1. The summed E-state index contributed by atoms with van der Waals surface area (Å²) in [5.41, 5.74) is 0.863. The Hall–Kier alpha value is -1.40. The molecular formula is C11H11ClN4O2. The van der Waals surface area contributed by atoms with Gasteiger partial charge in [0.2, 0.25) is 5.28 Å². The lowest BCUT2D eigenvalue weighted by atomic mass is 9.39. The molecule has 7 heteroatoms. The molecule has 5 rings (SSSR count). The fourth-order valence-corrected chi connectivity index (χ4v) is 3.79. The van der Waals surface area contributed by atoms with Crippen LogP contribution >= 0.6 is 11.6 Å². The Kier molecular flexibility index (Phi) is 1.72. The van der Waals surface area contributed by atoms with Crippen molar-refractivity contribution in [3.05, 3.63) is 22.0 Å². The van der Waals surface area contributed by atoms with Crippen molar-refractivity contribution in [2.75, 3.05) is 6.61 Å². The Morgan fingerprint density at radius 2 is 2.22 bits per heavy atom. The summed E-state index contributed by atoms with van der Waals surface area (Å²) in [5.74, 6) is 0. The summed E-state index contributed by atoms with van der Waals surface area (Å²) in [6, 6.07) is 0. The van der Waals surface area contributed by atoms with E-state index in [9.17, 15) is 9.90 Å². The first-order chi connectivity index (χ1) is 8.57. The first-order valence-corrected chi connectivity index (χ1v) is 6.20. The summed E-state index contributed by atoms with van der Waals surface area (Å²) in [4.78, 5) is 22.8. The number of nitrogens with zero attached hydrogens (tertiary/aromatic N) is 3. The molecule has 0 aliphatic heterocycles. The molecule has 3 fully saturated rings. The number of aliphatic hydroxyl groups is 1. The fourth-order valence-electron chi connectivity index (χ4n) is 3.66. The molecule has 2 bridgehead atoms. The van der Waals surface area contributed by atoms with Crippen molar-refractivity contribution in [3.63, 3.8) is 0 Å². The number of H-pyrrole nitrogens is 1. The van der Waals surface area contributed by atoms with Crippen LogP contribution in [0, 0.1) is 5.41 Å². The summed E-state index contributed by atoms with van der Waals surface area (Å²) in [5, 5.41) is 9.42. The average Bonchev–Trinajstić information content (AvgIpc) is 2.53. The molecule has 2 aromatic heterocycles. The summed E-state index contributed by atoms with van der Waals surface area (Å²) in [6.07, 6.45) is 4.04. The molecule has 2 aromatic rings. The third-order valence-electron chi connectivity index (χ3n) is 4.32. The molecule has 0 saturated heterocycles. The first kappa shape index (κ1) is 10.5. The second-order valence-corrected chi connectivity index (χ2v) is 5.89. The molecule has 3 saturated carbocycles. The van der Waals surface area contributed by atoms with Crippen LogP contribution in [0.25, 0.3) is 11.2 Å². The number of aromatic nitrogens is 4. The van der Waals surface area contributed by atoms with Crippen LogP contribution in [0.3, 0.4) is 0 Å². The normalized spacial score (nSPS) is 33.2. The molecule has 0 amide bonds. The van der Waals surface area contributed by atoms with E-state index in [0.717, 1.165) is 19.3 Å². The largest absolute Gasteiger partial charge is 0.396 e. The minimum atomic E-state index is -0.173. The zero-order chi connectivity index (χ0) is 12.5. The van der Waals surface area contributed by atoms with Crippen LogP contribution in [0.15, 0.2) is 11.0 Å². The van der Waals surface area contributed by atoms with Gasteiger partial charge >= 0.3 is 5.69 Å². The molecule has 0 atom stereocenters. The molecular weight excluding hydrogens is 256 g/mol. The second-order valence-electron chi connectivity index (χ2n) is 5.55. The molecule has 94 valence electrons. The maximum Gasteiger partial charge on any atom is 0.328 e. The van der Waals surface area contributed by atoms with Crippen molar-refractivity contribution < 1.29 is 5.11 Å². The van der Waals surface area contributed by atoms with Gasteiger partial charge in [-0.3, -0.25) is 4.57 Å². The van der Waals surface area contributed by atoms with E-state index in [-0.39, 0.29) is 28.5 Å². The number of hydrogen-bond acceptors (Lipinski definition) is 4. The number of nitrogens with one attached hydrogen (secondary N) is 1. The van der Waals surface area contributed by atoms with E-state index in [1.807, 2.05) is 0 Å². The molecule has 18 heavy (non-hydrogen) atoms. The highest BCUT2D eigenvalue weighted by Crippen LogP contribution is 2.71. The Morgan fingerprint density at radius 1 is 1.50 bits per heavy atom. The standard InChI is InChI=1S/C11H11ClN4O2/c12-8-13-1-6-7(15-8)16(9(18)14-6)11-2-10(3-11,4-11)5-17/h1,17H,2-5H2,(H,14,18). The molecule has 0 radical (unpaired) electrons. The van der Waals surface area contributed by atoms with Gasteiger partial charge in [-0.1, -0.05) is 0 Å². The van der Waals surface area contributed by atoms with Gasteiger partial charge < -0.3 is 10.1 Å². The Balaban J connectivity index is 1.89. The minimum absolute atomic E-state index is 0.0415. The van der Waals surface area contributed by atoms with Crippen LogP contribution < -0.4 is 5.69 Å². The molecule has 2 heterocycles. The highest BCUT2D eigenvalue weighted by atomic mass is 35.5. The molecule has 0 unspecified atom stereocenters. The van der Waals surface area contributed by atoms with Crippen molar-refractivity contribution in [2.24, 2.45) is 5.41 Å². The molecule has 0 aromatic carbocycles. The van der Waals surface area contributed by atoms with Crippen LogP contribution in [0.1, 0.15) is 19.3 Å². The number of imidazole rings is 1. The number of aliphatic hydroxyl groups excluding tert-OH is 1. The molecule has 2 N–H and O–H groups in total. The minimum Gasteiger partial charge on any atom is -0.396 e. The van der Waals surface area contributed by atoms with Gasteiger partial charge in [0.05, 0.1) is 11.7 Å². The predicted molar refractivity (Wildman–Crippen MR) is 64.5 cm³/mol. The van der Waals surface area contributed by atoms with Gasteiger partial charge in [-0.15, -0.1) is 0 Å². The third-order valence-corrected chi connectivity index (χ3v) is 4.50. The fraction of sp³-hybridized carbons (Fsp3) is 0.545. The second kappa shape index (κ2) is 2.95. The number of aromatic amines is 1. The summed E-state index contributed by atoms with van der Waals surface area (Å²) in [6.45, 7) is 0.196. The highest BCUT2D eigenvalue weighted by Gasteiger charge is 2.69. The lowest BCUT2D eigenvalue weighted by Crippen LogP contribution is -2.70. The van der Waals surface area contributed by atoms with Crippen molar-refractivity contribution >= 4 is 22.8 Å². The lowest BCUT2D eigenvalue weighted by molar-refractivity contribution is -0.207. The number of hydrogen-bond donors (Lipinski definition) is 2. The number of halogens is 1. The van der Waals surface area contributed by atoms with E-state index >= 15 is 0 Å². The molecule has 3 aliphatic rings. The highest BCUT2D eigenvalue weighted by molar-refractivity contribution is 6.28. The topological polar surface area (TPSA) is 83.8 Å². The summed E-state index contributed by atoms with van der Waals surface area (Å²) >= 11 is 5.79. The van der Waals surface area contributed by atoms with Gasteiger partial charge in [0.15, 0.2) is 5.65 Å². The SMILES string of the molecule is O=c1[nH]c2cnc(Cl)nc2n1C12CC(CO)(C1)C2. The van der Waals surface area contributed by atoms with E-state index in [4.69, 9.17) is 11.6 Å². The quantitative estimate of drug-likeness (QED) is 0.782. The summed E-state index contributed by atoms with van der Waals surface area (Å²) < 4.78 is 1.69. The van der Waals surface area contributed by atoms with Crippen LogP contribution in [-0.4, -0.2) is 31.2 Å². The van der Waals surface area contributed by atoms with Gasteiger partial charge in [0.1, 0.15) is 5.52 Å². The predicted octanol–water partition coefficient (Wildman–Crippen LogP) is 0.644. The van der Waals surface area contributed by atoms with Crippen molar-refractivity contribution in [1.82, 2.24) is 19.5 Å². The average molecular weight is 267 g/mol.